The maximum atomic E-state index is 12.2. The number of carbonyl (C=O) groups is 1. The Bertz CT molecular complexity index is 581. The minimum absolute atomic E-state index is 0.00551. The second kappa shape index (κ2) is 3.86. The van der Waals surface area contributed by atoms with Crippen LogP contribution in [0.15, 0.2) is 34.9 Å². The highest BCUT2D eigenvalue weighted by Crippen LogP contribution is 2.23. The summed E-state index contributed by atoms with van der Waals surface area (Å²) < 4.78 is 10.5. The second-order valence-electron chi connectivity index (χ2n) is 4.20. The molecule has 3 heteroatoms. The Balaban J connectivity index is 2.00. The maximum absolute atomic E-state index is 12.2. The average molecular weight is 228 g/mol. The fourth-order valence-electron chi connectivity index (χ4n) is 2.09. The van der Waals surface area contributed by atoms with Gasteiger partial charge in [-0.3, -0.25) is 4.79 Å². The minimum atomic E-state index is 0.00551. The van der Waals surface area contributed by atoms with E-state index >= 15 is 0 Å². The van der Waals surface area contributed by atoms with Crippen molar-refractivity contribution in [2.24, 2.45) is 0 Å². The molecule has 2 aromatic rings. The molecule has 86 valence electrons. The molecule has 0 unspecified atom stereocenters. The smallest absolute Gasteiger partial charge is 0.196 e. The summed E-state index contributed by atoms with van der Waals surface area (Å²) in [6.45, 7) is 3.04. The van der Waals surface area contributed by atoms with Crippen LogP contribution in [0.1, 0.15) is 32.8 Å². The predicted octanol–water partition coefficient (Wildman–Crippen LogP) is 2.85. The van der Waals surface area contributed by atoms with Crippen LogP contribution in [0, 0.1) is 6.92 Å². The van der Waals surface area contributed by atoms with Gasteiger partial charge in [-0.15, -0.1) is 0 Å². The number of hydrogen-bond acceptors (Lipinski definition) is 3. The maximum Gasteiger partial charge on any atom is 0.196 e. The van der Waals surface area contributed by atoms with Crippen LogP contribution in [0.5, 0.6) is 0 Å². The molecule has 0 amide bonds. The number of fused-ring (bicyclic) bond motifs is 1. The lowest BCUT2D eigenvalue weighted by Gasteiger charge is -2.02. The number of rotatable bonds is 2. The Kier molecular flexibility index (Phi) is 2.34. The zero-order chi connectivity index (χ0) is 11.8. The predicted molar refractivity (Wildman–Crippen MR) is 61.8 cm³/mol. The molecule has 1 aliphatic heterocycles. The first-order valence-electron chi connectivity index (χ1n) is 5.54. The highest BCUT2D eigenvalue weighted by atomic mass is 16.5. The van der Waals surface area contributed by atoms with Gasteiger partial charge in [0.1, 0.15) is 5.76 Å². The first kappa shape index (κ1) is 10.3. The normalized spacial score (nSPS) is 13.7. The van der Waals surface area contributed by atoms with Crippen molar-refractivity contribution in [3.05, 3.63) is 58.5 Å². The largest absolute Gasteiger partial charge is 0.469 e. The summed E-state index contributed by atoms with van der Waals surface area (Å²) in [4.78, 5) is 12.2. The number of hydrogen-bond donors (Lipinski definition) is 0. The van der Waals surface area contributed by atoms with Crippen LogP contribution in [0.4, 0.5) is 0 Å². The van der Waals surface area contributed by atoms with Crippen LogP contribution < -0.4 is 0 Å². The molecule has 0 fully saturated rings. The first-order valence-corrected chi connectivity index (χ1v) is 5.54. The van der Waals surface area contributed by atoms with Gasteiger partial charge in [-0.1, -0.05) is 12.1 Å². The summed E-state index contributed by atoms with van der Waals surface area (Å²) in [5.41, 5.74) is 3.60. The molecule has 3 rings (SSSR count). The summed E-state index contributed by atoms with van der Waals surface area (Å²) in [5.74, 6) is 0.665. The van der Waals surface area contributed by atoms with Crippen LogP contribution in [0.2, 0.25) is 0 Å². The molecule has 1 aromatic carbocycles. The molecular formula is C14H12O3. The average Bonchev–Trinajstić information content (AvgIpc) is 2.95. The zero-order valence-corrected chi connectivity index (χ0v) is 9.53. The molecule has 0 saturated heterocycles. The van der Waals surface area contributed by atoms with Crippen molar-refractivity contribution in [2.75, 3.05) is 0 Å². The van der Waals surface area contributed by atoms with Crippen molar-refractivity contribution < 1.29 is 13.9 Å². The SMILES string of the molecule is Cc1occc1C(=O)c1ccc2c(c1)COC2. The van der Waals surface area contributed by atoms with Gasteiger partial charge in [0.15, 0.2) is 5.78 Å². The molecule has 0 atom stereocenters. The van der Waals surface area contributed by atoms with Crippen molar-refractivity contribution in [1.29, 1.82) is 0 Å². The second-order valence-corrected chi connectivity index (χ2v) is 4.20. The quantitative estimate of drug-likeness (QED) is 0.742. The lowest BCUT2D eigenvalue weighted by Crippen LogP contribution is -2.02. The molecule has 1 aliphatic rings. The molecule has 0 N–H and O–H groups in total. The molecule has 0 radical (unpaired) electrons. The number of ether oxygens (including phenoxy) is 1. The van der Waals surface area contributed by atoms with E-state index in [1.165, 1.54) is 5.56 Å². The summed E-state index contributed by atoms with van der Waals surface area (Å²) >= 11 is 0. The lowest BCUT2D eigenvalue weighted by atomic mass is 10.00. The van der Waals surface area contributed by atoms with E-state index in [1.54, 1.807) is 19.3 Å². The Hall–Kier alpha value is -1.87. The fourth-order valence-corrected chi connectivity index (χ4v) is 2.09. The van der Waals surface area contributed by atoms with E-state index < -0.39 is 0 Å². The molecular weight excluding hydrogens is 216 g/mol. The Morgan fingerprint density at radius 2 is 2.00 bits per heavy atom. The van der Waals surface area contributed by atoms with Gasteiger partial charge in [0.2, 0.25) is 0 Å². The van der Waals surface area contributed by atoms with E-state index in [4.69, 9.17) is 9.15 Å². The number of benzene rings is 1. The molecule has 3 nitrogen and oxygen atoms in total. The molecule has 1 aromatic heterocycles. The van der Waals surface area contributed by atoms with Gasteiger partial charge < -0.3 is 9.15 Å². The third kappa shape index (κ3) is 1.68. The summed E-state index contributed by atoms with van der Waals surface area (Å²) in [7, 11) is 0. The number of carbonyl (C=O) groups excluding carboxylic acids is 1. The van der Waals surface area contributed by atoms with E-state index in [9.17, 15) is 4.79 Å². The van der Waals surface area contributed by atoms with E-state index in [-0.39, 0.29) is 5.78 Å². The Labute approximate surface area is 99.0 Å². The van der Waals surface area contributed by atoms with Crippen LogP contribution in [-0.4, -0.2) is 5.78 Å². The monoisotopic (exact) mass is 228 g/mol. The van der Waals surface area contributed by atoms with Crippen LogP contribution in [0.3, 0.4) is 0 Å². The lowest BCUT2D eigenvalue weighted by molar-refractivity contribution is 0.103. The van der Waals surface area contributed by atoms with Crippen molar-refractivity contribution in [3.8, 4) is 0 Å². The highest BCUT2D eigenvalue weighted by molar-refractivity contribution is 6.09. The summed E-state index contributed by atoms with van der Waals surface area (Å²) in [5, 5.41) is 0. The van der Waals surface area contributed by atoms with Crippen molar-refractivity contribution >= 4 is 5.78 Å². The number of furan rings is 1. The van der Waals surface area contributed by atoms with Gasteiger partial charge in [-0.25, -0.2) is 0 Å². The van der Waals surface area contributed by atoms with Gasteiger partial charge in [0, 0.05) is 5.56 Å². The van der Waals surface area contributed by atoms with Crippen LogP contribution in [0.25, 0.3) is 0 Å². The molecule has 0 spiro atoms. The summed E-state index contributed by atoms with van der Waals surface area (Å²) in [6, 6.07) is 7.44. The number of aryl methyl sites for hydroxylation is 1. The third-order valence-electron chi connectivity index (χ3n) is 3.09. The molecule has 17 heavy (non-hydrogen) atoms. The van der Waals surface area contributed by atoms with Crippen LogP contribution >= 0.6 is 0 Å². The standard InChI is InChI=1S/C14H12O3/c1-9-13(4-5-17-9)14(15)10-2-3-11-7-16-8-12(11)6-10/h2-6H,7-8H2,1H3. The summed E-state index contributed by atoms with van der Waals surface area (Å²) in [6.07, 6.45) is 1.54. The molecule has 0 bridgehead atoms. The molecule has 2 heterocycles. The Morgan fingerprint density at radius 3 is 2.76 bits per heavy atom. The van der Waals surface area contributed by atoms with E-state index in [0.717, 1.165) is 5.56 Å². The van der Waals surface area contributed by atoms with Gasteiger partial charge in [0.25, 0.3) is 0 Å². The van der Waals surface area contributed by atoms with Gasteiger partial charge >= 0.3 is 0 Å². The van der Waals surface area contributed by atoms with Crippen molar-refractivity contribution in [3.63, 3.8) is 0 Å². The fraction of sp³-hybridized carbons (Fsp3) is 0.214. The van der Waals surface area contributed by atoms with Gasteiger partial charge in [0.05, 0.1) is 25.0 Å². The van der Waals surface area contributed by atoms with E-state index in [1.807, 2.05) is 18.2 Å². The van der Waals surface area contributed by atoms with Gasteiger partial charge in [-0.2, -0.15) is 0 Å². The highest BCUT2D eigenvalue weighted by Gasteiger charge is 2.17. The molecule has 0 saturated carbocycles. The van der Waals surface area contributed by atoms with Gasteiger partial charge in [-0.05, 0) is 30.2 Å². The number of ketones is 1. The third-order valence-corrected chi connectivity index (χ3v) is 3.09. The van der Waals surface area contributed by atoms with Crippen LogP contribution in [-0.2, 0) is 18.0 Å². The van der Waals surface area contributed by atoms with Crippen molar-refractivity contribution in [2.45, 2.75) is 20.1 Å². The zero-order valence-electron chi connectivity index (χ0n) is 9.53. The van der Waals surface area contributed by atoms with E-state index in [2.05, 4.69) is 0 Å². The Morgan fingerprint density at radius 1 is 1.18 bits per heavy atom. The molecule has 0 aliphatic carbocycles. The topological polar surface area (TPSA) is 39.4 Å². The van der Waals surface area contributed by atoms with Crippen molar-refractivity contribution in [1.82, 2.24) is 0 Å². The van der Waals surface area contributed by atoms with E-state index in [0.29, 0.717) is 30.1 Å². The first-order chi connectivity index (χ1) is 8.25. The minimum Gasteiger partial charge on any atom is -0.469 e.